The predicted molar refractivity (Wildman–Crippen MR) is 85.8 cm³/mol. The van der Waals surface area contributed by atoms with Crippen molar-refractivity contribution in [3.63, 3.8) is 0 Å². The number of rotatable bonds is 2. The molecular formula is C15H9Cl2NO2S. The van der Waals surface area contributed by atoms with Crippen molar-refractivity contribution in [2.45, 2.75) is 6.92 Å². The molecule has 0 bridgehead atoms. The molecule has 0 spiro atoms. The van der Waals surface area contributed by atoms with Crippen molar-refractivity contribution in [2.24, 2.45) is 0 Å². The molecule has 1 aromatic carbocycles. The Kier molecular flexibility index (Phi) is 3.61. The van der Waals surface area contributed by atoms with Crippen LogP contribution in [0.5, 0.6) is 0 Å². The molecule has 0 N–H and O–H groups in total. The average molecular weight is 338 g/mol. The van der Waals surface area contributed by atoms with E-state index in [9.17, 15) is 9.59 Å². The Morgan fingerprint density at radius 1 is 1.10 bits per heavy atom. The molecule has 1 aromatic heterocycles. The van der Waals surface area contributed by atoms with Crippen LogP contribution in [0.15, 0.2) is 40.7 Å². The Balaban J connectivity index is 2.08. The summed E-state index contributed by atoms with van der Waals surface area (Å²) in [6.07, 6.45) is 0. The van der Waals surface area contributed by atoms with Crippen LogP contribution in [-0.4, -0.2) is 11.8 Å². The van der Waals surface area contributed by atoms with Crippen LogP contribution in [-0.2, 0) is 9.59 Å². The predicted octanol–water partition coefficient (Wildman–Crippen LogP) is 4.23. The van der Waals surface area contributed by atoms with E-state index in [0.29, 0.717) is 15.6 Å². The lowest BCUT2D eigenvalue weighted by atomic mass is 10.1. The van der Waals surface area contributed by atoms with Gasteiger partial charge < -0.3 is 0 Å². The summed E-state index contributed by atoms with van der Waals surface area (Å²) in [4.78, 5) is 26.7. The molecule has 0 unspecified atom stereocenters. The molecule has 21 heavy (non-hydrogen) atoms. The maximum Gasteiger partial charge on any atom is 0.277 e. The first-order chi connectivity index (χ1) is 10.0. The van der Waals surface area contributed by atoms with Gasteiger partial charge in [0.25, 0.3) is 11.8 Å². The average Bonchev–Trinajstić information content (AvgIpc) is 3.01. The fourth-order valence-corrected chi connectivity index (χ4v) is 3.54. The molecule has 0 saturated carbocycles. The highest BCUT2D eigenvalue weighted by atomic mass is 35.5. The largest absolute Gasteiger partial charge is 0.277 e. The quantitative estimate of drug-likeness (QED) is 0.769. The normalized spacial score (nSPS) is 15.3. The Bertz CT molecular complexity index is 781. The number of benzene rings is 1. The highest BCUT2D eigenvalue weighted by molar-refractivity contribution is 7.11. The number of amides is 2. The third kappa shape index (κ3) is 2.29. The molecule has 2 aromatic rings. The third-order valence-corrected chi connectivity index (χ3v) is 4.67. The number of carbonyl (C=O) groups excluding carboxylic acids is 2. The third-order valence-electron chi connectivity index (χ3n) is 3.19. The van der Waals surface area contributed by atoms with Gasteiger partial charge in [-0.05, 0) is 42.1 Å². The molecule has 0 atom stereocenters. The number of nitrogens with zero attached hydrogens (tertiary/aromatic N) is 1. The minimum absolute atomic E-state index is 0.0446. The SMILES string of the molecule is Cc1cc(Cl)ccc1N1C(=O)C(Cl)=C(c2cccs2)C1=O. The molecule has 0 fully saturated rings. The zero-order valence-corrected chi connectivity index (χ0v) is 13.2. The summed E-state index contributed by atoms with van der Waals surface area (Å²) in [7, 11) is 0. The Morgan fingerprint density at radius 3 is 2.48 bits per heavy atom. The molecular weight excluding hydrogens is 329 g/mol. The number of imide groups is 1. The fraction of sp³-hybridized carbons (Fsp3) is 0.0667. The van der Waals surface area contributed by atoms with E-state index in [0.717, 1.165) is 10.5 Å². The summed E-state index contributed by atoms with van der Waals surface area (Å²) in [5.41, 5.74) is 1.49. The van der Waals surface area contributed by atoms with E-state index >= 15 is 0 Å². The van der Waals surface area contributed by atoms with E-state index in [1.165, 1.54) is 11.3 Å². The van der Waals surface area contributed by atoms with Crippen molar-refractivity contribution in [1.29, 1.82) is 0 Å². The second kappa shape index (κ2) is 5.30. The summed E-state index contributed by atoms with van der Waals surface area (Å²) in [5.74, 6) is -0.909. The lowest BCUT2D eigenvalue weighted by Crippen LogP contribution is -2.31. The Morgan fingerprint density at radius 2 is 1.86 bits per heavy atom. The summed E-state index contributed by atoms with van der Waals surface area (Å²) < 4.78 is 0. The van der Waals surface area contributed by atoms with Crippen molar-refractivity contribution in [3.8, 4) is 0 Å². The van der Waals surface area contributed by atoms with Crippen LogP contribution >= 0.6 is 34.5 Å². The number of thiophene rings is 1. The van der Waals surface area contributed by atoms with Crippen molar-refractivity contribution in [2.75, 3.05) is 4.90 Å². The van der Waals surface area contributed by atoms with Gasteiger partial charge >= 0.3 is 0 Å². The molecule has 3 nitrogen and oxygen atoms in total. The Hall–Kier alpha value is -1.62. The topological polar surface area (TPSA) is 37.4 Å². The van der Waals surface area contributed by atoms with Crippen LogP contribution in [0, 0.1) is 6.92 Å². The first kappa shape index (κ1) is 14.3. The molecule has 3 rings (SSSR count). The molecule has 0 saturated heterocycles. The monoisotopic (exact) mass is 337 g/mol. The zero-order chi connectivity index (χ0) is 15.1. The van der Waals surface area contributed by atoms with Crippen LogP contribution in [0.4, 0.5) is 5.69 Å². The van der Waals surface area contributed by atoms with Crippen molar-refractivity contribution < 1.29 is 9.59 Å². The highest BCUT2D eigenvalue weighted by Gasteiger charge is 2.40. The highest BCUT2D eigenvalue weighted by Crippen LogP contribution is 2.37. The van der Waals surface area contributed by atoms with Gasteiger partial charge in [0.15, 0.2) is 0 Å². The van der Waals surface area contributed by atoms with E-state index < -0.39 is 11.8 Å². The minimum Gasteiger partial charge on any atom is -0.268 e. The first-order valence-corrected chi connectivity index (χ1v) is 7.73. The number of halogens is 2. The lowest BCUT2D eigenvalue weighted by Gasteiger charge is -2.17. The molecule has 1 aliphatic rings. The molecule has 6 heteroatoms. The van der Waals surface area contributed by atoms with Crippen LogP contribution in [0.25, 0.3) is 5.57 Å². The fourth-order valence-electron chi connectivity index (χ4n) is 2.23. The van der Waals surface area contributed by atoms with Crippen LogP contribution in [0.1, 0.15) is 10.4 Å². The molecule has 2 amide bonds. The van der Waals surface area contributed by atoms with Gasteiger partial charge in [-0.3, -0.25) is 9.59 Å². The van der Waals surface area contributed by atoms with E-state index in [-0.39, 0.29) is 10.6 Å². The molecule has 0 aliphatic carbocycles. The maximum absolute atomic E-state index is 12.6. The maximum atomic E-state index is 12.6. The van der Waals surface area contributed by atoms with E-state index in [1.54, 1.807) is 31.2 Å². The van der Waals surface area contributed by atoms with Crippen LogP contribution < -0.4 is 4.90 Å². The standard InChI is InChI=1S/C15H9Cl2NO2S/c1-8-7-9(16)4-5-10(8)18-14(19)12(13(17)15(18)20)11-3-2-6-21-11/h2-7H,1H3. The van der Waals surface area contributed by atoms with Gasteiger partial charge in [-0.15, -0.1) is 11.3 Å². The van der Waals surface area contributed by atoms with Gasteiger partial charge in [0.2, 0.25) is 0 Å². The number of anilines is 1. The Labute approximate surface area is 135 Å². The molecule has 106 valence electrons. The van der Waals surface area contributed by atoms with Gasteiger partial charge in [-0.2, -0.15) is 0 Å². The van der Waals surface area contributed by atoms with Gasteiger partial charge in [-0.25, -0.2) is 4.90 Å². The van der Waals surface area contributed by atoms with Crippen LogP contribution in [0.2, 0.25) is 5.02 Å². The summed E-state index contributed by atoms with van der Waals surface area (Å²) >= 11 is 13.4. The van der Waals surface area contributed by atoms with Gasteiger partial charge in [0.05, 0.1) is 11.3 Å². The first-order valence-electron chi connectivity index (χ1n) is 6.09. The zero-order valence-electron chi connectivity index (χ0n) is 10.9. The molecule has 2 heterocycles. The number of carbonyl (C=O) groups is 2. The van der Waals surface area contributed by atoms with Gasteiger partial charge in [-0.1, -0.05) is 29.3 Å². The lowest BCUT2D eigenvalue weighted by molar-refractivity contribution is -0.119. The smallest absolute Gasteiger partial charge is 0.268 e. The summed E-state index contributed by atoms with van der Waals surface area (Å²) in [6, 6.07) is 8.57. The van der Waals surface area contributed by atoms with Crippen molar-refractivity contribution >= 4 is 57.6 Å². The molecule has 1 aliphatic heterocycles. The van der Waals surface area contributed by atoms with Gasteiger partial charge in [0, 0.05) is 9.90 Å². The summed E-state index contributed by atoms with van der Waals surface area (Å²) in [6.45, 7) is 1.79. The van der Waals surface area contributed by atoms with E-state index in [4.69, 9.17) is 23.2 Å². The van der Waals surface area contributed by atoms with Gasteiger partial charge in [0.1, 0.15) is 5.03 Å². The second-order valence-corrected chi connectivity index (χ2v) is 6.30. The second-order valence-electron chi connectivity index (χ2n) is 4.54. The van der Waals surface area contributed by atoms with E-state index in [2.05, 4.69) is 0 Å². The number of hydrogen-bond acceptors (Lipinski definition) is 3. The van der Waals surface area contributed by atoms with Crippen molar-refractivity contribution in [3.05, 3.63) is 56.2 Å². The van der Waals surface area contributed by atoms with Crippen LogP contribution in [0.3, 0.4) is 0 Å². The molecule has 0 radical (unpaired) electrons. The number of aryl methyl sites for hydroxylation is 1. The summed E-state index contributed by atoms with van der Waals surface area (Å²) in [5, 5.41) is 2.34. The number of hydrogen-bond donors (Lipinski definition) is 0. The van der Waals surface area contributed by atoms with E-state index in [1.807, 2.05) is 11.4 Å². The minimum atomic E-state index is -0.504. The van der Waals surface area contributed by atoms with Crippen molar-refractivity contribution in [1.82, 2.24) is 0 Å².